The van der Waals surface area contributed by atoms with Crippen LogP contribution in [0.4, 0.5) is 0 Å². The van der Waals surface area contributed by atoms with Gasteiger partial charge in [-0.3, -0.25) is 24.0 Å². The number of hydrogen-bond donors (Lipinski definition) is 6. The van der Waals surface area contributed by atoms with Gasteiger partial charge in [-0.25, -0.2) is 4.79 Å². The fourth-order valence-corrected chi connectivity index (χ4v) is 4.40. The molecule has 0 saturated carbocycles. The van der Waals surface area contributed by atoms with Crippen LogP contribution in [0.15, 0.2) is 48.5 Å². The van der Waals surface area contributed by atoms with Gasteiger partial charge in [0.15, 0.2) is 0 Å². The zero-order valence-corrected chi connectivity index (χ0v) is 19.9. The molecule has 2 aromatic carbocycles. The third-order valence-corrected chi connectivity index (χ3v) is 6.14. The number of nitrogens with zero attached hydrogens (tertiary/aromatic N) is 2. The van der Waals surface area contributed by atoms with E-state index in [2.05, 4.69) is 0 Å². The number of nitrogens with two attached hydrogens (primary N) is 4. The van der Waals surface area contributed by atoms with Crippen LogP contribution in [0.1, 0.15) is 57.0 Å². The van der Waals surface area contributed by atoms with Crippen LogP contribution < -0.4 is 22.9 Å². The number of fused-ring (bicyclic) bond motifs is 2. The Kier molecular flexibility index (Phi) is 8.08. The lowest BCUT2D eigenvalue weighted by Gasteiger charge is -2.28. The number of aliphatic carboxylic acids is 2. The molecule has 0 radical (unpaired) electrons. The topological polar surface area (TPSA) is 253 Å². The molecule has 4 rings (SSSR count). The van der Waals surface area contributed by atoms with Crippen molar-refractivity contribution < 1.29 is 39.0 Å². The first kappa shape index (κ1) is 27.8. The summed E-state index contributed by atoms with van der Waals surface area (Å²) in [5.41, 5.74) is 23.8. The third kappa shape index (κ3) is 5.30. The van der Waals surface area contributed by atoms with Gasteiger partial charge >= 0.3 is 11.9 Å². The van der Waals surface area contributed by atoms with Gasteiger partial charge in [0, 0.05) is 22.3 Å². The van der Waals surface area contributed by atoms with E-state index in [-0.39, 0.29) is 0 Å². The smallest absolute Gasteiger partial charge is 0.327 e. The van der Waals surface area contributed by atoms with Crippen molar-refractivity contribution in [2.24, 2.45) is 22.9 Å². The van der Waals surface area contributed by atoms with Crippen molar-refractivity contribution in [2.45, 2.75) is 37.3 Å². The molecular weight excluding hydrogens is 500 g/mol. The van der Waals surface area contributed by atoms with Gasteiger partial charge in [0.1, 0.15) is 24.4 Å². The lowest BCUT2D eigenvalue weighted by molar-refractivity contribution is -0.145. The molecule has 0 aliphatic carbocycles. The van der Waals surface area contributed by atoms with E-state index in [9.17, 15) is 28.8 Å². The van der Waals surface area contributed by atoms with E-state index < -0.39 is 72.8 Å². The Balaban J connectivity index is 0.000000211. The van der Waals surface area contributed by atoms with Crippen molar-refractivity contribution in [1.82, 2.24) is 9.80 Å². The van der Waals surface area contributed by atoms with E-state index in [4.69, 9.17) is 33.1 Å². The summed E-state index contributed by atoms with van der Waals surface area (Å²) >= 11 is 0. The molecule has 4 atom stereocenters. The number of carbonyl (C=O) groups is 6. The molecule has 0 spiro atoms. The summed E-state index contributed by atoms with van der Waals surface area (Å²) in [4.78, 5) is 70.6. The lowest BCUT2D eigenvalue weighted by Crippen LogP contribution is -2.49. The normalized spacial score (nSPS) is 19.1. The predicted octanol–water partition coefficient (Wildman–Crippen LogP) is -1.14. The van der Waals surface area contributed by atoms with E-state index in [0.29, 0.717) is 22.3 Å². The highest BCUT2D eigenvalue weighted by molar-refractivity contribution is 6.03. The van der Waals surface area contributed by atoms with Crippen molar-refractivity contribution in [3.8, 4) is 0 Å². The minimum atomic E-state index is -1.35. The molecule has 2 aliphatic rings. The quantitative estimate of drug-likeness (QED) is 0.241. The van der Waals surface area contributed by atoms with Crippen molar-refractivity contribution in [2.75, 3.05) is 0 Å². The number of rotatable bonds is 8. The van der Waals surface area contributed by atoms with Crippen LogP contribution in [0, 0.1) is 0 Å². The molecule has 10 N–H and O–H groups in total. The number of amides is 4. The summed E-state index contributed by atoms with van der Waals surface area (Å²) in [5.74, 6) is -5.21. The Morgan fingerprint density at radius 2 is 1.16 bits per heavy atom. The molecule has 0 bridgehead atoms. The predicted molar refractivity (Wildman–Crippen MR) is 130 cm³/mol. The van der Waals surface area contributed by atoms with Gasteiger partial charge in [0.2, 0.25) is 11.8 Å². The standard InChI is InChI=1S/2C12H13N3O4/c13-10-6-3-1-2-4-7(6)12(19)15(10)8(11(14)18)5-9(16)17;13-9(16)5-8(12(18)19)15-10(14)6-3-1-2-4-7(6)11(15)17/h1-4,8,10H,5,13H2,(H2,14,18)(H,16,17);1-4,8,10H,5,14H2,(H2,13,16)(H,18,19). The highest BCUT2D eigenvalue weighted by atomic mass is 16.4. The minimum absolute atomic E-state index is 0.353. The fraction of sp³-hybridized carbons (Fsp3) is 0.250. The molecule has 38 heavy (non-hydrogen) atoms. The second-order valence-corrected chi connectivity index (χ2v) is 8.53. The second-order valence-electron chi connectivity index (χ2n) is 8.53. The van der Waals surface area contributed by atoms with Gasteiger partial charge in [0.05, 0.1) is 12.8 Å². The summed E-state index contributed by atoms with van der Waals surface area (Å²) in [6.45, 7) is 0. The average Bonchev–Trinajstić information content (AvgIpc) is 3.26. The molecule has 2 aliphatic heterocycles. The Morgan fingerprint density at radius 3 is 1.50 bits per heavy atom. The average molecular weight is 527 g/mol. The zero-order valence-electron chi connectivity index (χ0n) is 19.9. The zero-order chi connectivity index (χ0) is 28.3. The maximum atomic E-state index is 12.2. The van der Waals surface area contributed by atoms with Crippen molar-refractivity contribution >= 4 is 35.6 Å². The number of benzene rings is 2. The Bertz CT molecular complexity index is 1210. The molecule has 0 fully saturated rings. The first-order chi connectivity index (χ1) is 17.9. The van der Waals surface area contributed by atoms with E-state index in [1.165, 1.54) is 0 Å². The van der Waals surface area contributed by atoms with Gasteiger partial charge in [0.25, 0.3) is 11.8 Å². The number of hydrogen-bond acceptors (Lipinski definition) is 8. The van der Waals surface area contributed by atoms with Crippen LogP contribution in [0.5, 0.6) is 0 Å². The van der Waals surface area contributed by atoms with Crippen LogP contribution in [0.3, 0.4) is 0 Å². The Labute approximate surface area is 215 Å². The van der Waals surface area contributed by atoms with Crippen LogP contribution in [-0.4, -0.2) is 67.7 Å². The highest BCUT2D eigenvalue weighted by Gasteiger charge is 2.43. The summed E-state index contributed by atoms with van der Waals surface area (Å²) in [7, 11) is 0. The van der Waals surface area contributed by atoms with Gasteiger partial charge in [-0.15, -0.1) is 0 Å². The van der Waals surface area contributed by atoms with E-state index in [1.807, 2.05) is 0 Å². The van der Waals surface area contributed by atoms with Gasteiger partial charge in [-0.1, -0.05) is 36.4 Å². The maximum absolute atomic E-state index is 12.2. The molecule has 0 saturated heterocycles. The van der Waals surface area contributed by atoms with Crippen LogP contribution in [-0.2, 0) is 19.2 Å². The number of carbonyl (C=O) groups excluding carboxylic acids is 4. The van der Waals surface area contributed by atoms with Crippen molar-refractivity contribution in [3.05, 3.63) is 70.8 Å². The molecule has 0 aromatic heterocycles. The lowest BCUT2D eigenvalue weighted by atomic mass is 10.1. The first-order valence-corrected chi connectivity index (χ1v) is 11.2. The molecule has 14 heteroatoms. The maximum Gasteiger partial charge on any atom is 0.327 e. The summed E-state index contributed by atoms with van der Waals surface area (Å²) in [6, 6.07) is 10.6. The van der Waals surface area contributed by atoms with E-state index in [0.717, 1.165) is 9.80 Å². The Hall–Kier alpha value is -4.82. The second kappa shape index (κ2) is 11.1. The first-order valence-electron chi connectivity index (χ1n) is 11.2. The van der Waals surface area contributed by atoms with E-state index in [1.54, 1.807) is 48.5 Å². The SMILES string of the molecule is NC(=O)C(CC(=O)O)N1C(=O)c2ccccc2C1N.NC(=O)CC(C(=O)O)N1C(=O)c2ccccc2C1N. The number of primary amides is 2. The van der Waals surface area contributed by atoms with Gasteiger partial charge in [-0.2, -0.15) is 0 Å². The molecule has 4 unspecified atom stereocenters. The van der Waals surface area contributed by atoms with Crippen LogP contribution in [0.2, 0.25) is 0 Å². The fourth-order valence-electron chi connectivity index (χ4n) is 4.40. The molecule has 14 nitrogen and oxygen atoms in total. The molecule has 2 heterocycles. The van der Waals surface area contributed by atoms with Crippen molar-refractivity contribution in [1.29, 1.82) is 0 Å². The number of carboxylic acid groups (broad SMARTS) is 2. The Morgan fingerprint density at radius 1 is 0.737 bits per heavy atom. The molecular formula is C24H26N6O8. The summed E-state index contributed by atoms with van der Waals surface area (Å²) < 4.78 is 0. The van der Waals surface area contributed by atoms with Crippen LogP contribution in [0.25, 0.3) is 0 Å². The van der Waals surface area contributed by atoms with Crippen molar-refractivity contribution in [3.63, 3.8) is 0 Å². The number of carboxylic acids is 2. The van der Waals surface area contributed by atoms with Gasteiger partial charge in [-0.05, 0) is 12.1 Å². The van der Waals surface area contributed by atoms with Crippen LogP contribution >= 0.6 is 0 Å². The van der Waals surface area contributed by atoms with E-state index >= 15 is 0 Å². The monoisotopic (exact) mass is 526 g/mol. The van der Waals surface area contributed by atoms with Gasteiger partial charge < -0.3 is 42.9 Å². The third-order valence-electron chi connectivity index (χ3n) is 6.14. The largest absolute Gasteiger partial charge is 0.481 e. The minimum Gasteiger partial charge on any atom is -0.481 e. The molecule has 4 amide bonds. The summed E-state index contributed by atoms with van der Waals surface area (Å²) in [5, 5.41) is 17.9. The molecule has 2 aromatic rings. The highest BCUT2D eigenvalue weighted by Crippen LogP contribution is 2.33. The summed E-state index contributed by atoms with van der Waals surface area (Å²) in [6.07, 6.45) is -2.78. The molecule has 200 valence electrons.